The Hall–Kier alpha value is -1.02. The first-order valence-electron chi connectivity index (χ1n) is 6.90. The highest BCUT2D eigenvalue weighted by Crippen LogP contribution is 2.30. The lowest BCUT2D eigenvalue weighted by Gasteiger charge is -2.19. The fraction of sp³-hybridized carbons (Fsp3) is 0.625. The Morgan fingerprint density at radius 3 is 2.33 bits per heavy atom. The van der Waals surface area contributed by atoms with E-state index in [0.29, 0.717) is 5.92 Å². The molecule has 0 saturated heterocycles. The number of aryl methyl sites for hydroxylation is 1. The van der Waals surface area contributed by atoms with Crippen molar-refractivity contribution in [3.8, 4) is 5.75 Å². The maximum absolute atomic E-state index is 5.93. The van der Waals surface area contributed by atoms with Crippen LogP contribution >= 0.6 is 0 Å². The lowest BCUT2D eigenvalue weighted by Crippen LogP contribution is -2.13. The molecule has 0 aliphatic rings. The summed E-state index contributed by atoms with van der Waals surface area (Å²) in [4.78, 5) is 0. The molecule has 0 fully saturated rings. The van der Waals surface area contributed by atoms with Crippen molar-refractivity contribution in [2.24, 2.45) is 0 Å². The van der Waals surface area contributed by atoms with Crippen LogP contribution in [-0.2, 0) is 6.42 Å². The number of hydrogen-bond acceptors (Lipinski definition) is 2. The van der Waals surface area contributed by atoms with Crippen molar-refractivity contribution in [3.05, 3.63) is 28.8 Å². The van der Waals surface area contributed by atoms with Crippen LogP contribution in [0.5, 0.6) is 5.75 Å². The molecule has 1 aromatic rings. The zero-order valence-electron chi connectivity index (χ0n) is 12.6. The smallest absolute Gasteiger partial charge is 0.123 e. The number of rotatable bonds is 6. The number of hydrogen-bond donors (Lipinski definition) is 1. The van der Waals surface area contributed by atoms with Crippen LogP contribution in [0.25, 0.3) is 0 Å². The van der Waals surface area contributed by atoms with E-state index in [1.165, 1.54) is 16.7 Å². The molecule has 2 heteroatoms. The molecule has 0 unspecified atom stereocenters. The first-order valence-corrected chi connectivity index (χ1v) is 6.90. The molecule has 0 radical (unpaired) electrons. The topological polar surface area (TPSA) is 21.3 Å². The minimum absolute atomic E-state index is 0.227. The number of ether oxygens (including phenoxy) is 1. The fourth-order valence-electron chi connectivity index (χ4n) is 2.08. The van der Waals surface area contributed by atoms with Gasteiger partial charge in [-0.3, -0.25) is 0 Å². The lowest BCUT2D eigenvalue weighted by atomic mass is 9.95. The van der Waals surface area contributed by atoms with Gasteiger partial charge in [0.2, 0.25) is 0 Å². The highest BCUT2D eigenvalue weighted by molar-refractivity contribution is 5.44. The van der Waals surface area contributed by atoms with E-state index in [9.17, 15) is 0 Å². The maximum atomic E-state index is 5.93. The van der Waals surface area contributed by atoms with Gasteiger partial charge in [0, 0.05) is 0 Å². The summed E-state index contributed by atoms with van der Waals surface area (Å²) in [6.45, 7) is 11.8. The standard InChI is InChI=1S/C16H27NO/c1-11(2)15-10-14(7-8-17-6)13(5)9-16(15)18-12(3)4/h9-12,17H,7-8H2,1-6H3. The molecule has 1 aromatic carbocycles. The van der Waals surface area contributed by atoms with E-state index in [1.807, 2.05) is 7.05 Å². The van der Waals surface area contributed by atoms with Crippen LogP contribution in [0.1, 0.15) is 50.3 Å². The van der Waals surface area contributed by atoms with E-state index in [1.54, 1.807) is 0 Å². The molecule has 0 saturated carbocycles. The van der Waals surface area contributed by atoms with Crippen LogP contribution in [0, 0.1) is 6.92 Å². The molecule has 1 rings (SSSR count). The van der Waals surface area contributed by atoms with Crippen LogP contribution in [0.3, 0.4) is 0 Å². The van der Waals surface area contributed by atoms with E-state index >= 15 is 0 Å². The molecule has 0 atom stereocenters. The summed E-state index contributed by atoms with van der Waals surface area (Å²) in [6.07, 6.45) is 1.30. The fourth-order valence-corrected chi connectivity index (χ4v) is 2.08. The van der Waals surface area contributed by atoms with Crippen molar-refractivity contribution < 1.29 is 4.74 Å². The molecule has 0 spiro atoms. The van der Waals surface area contributed by atoms with Gasteiger partial charge in [-0.05, 0) is 69.5 Å². The van der Waals surface area contributed by atoms with Gasteiger partial charge in [0.25, 0.3) is 0 Å². The number of likely N-dealkylation sites (N-methyl/N-ethyl adjacent to an activating group) is 1. The van der Waals surface area contributed by atoms with E-state index in [2.05, 4.69) is 52.1 Å². The van der Waals surface area contributed by atoms with Crippen molar-refractivity contribution in [1.29, 1.82) is 0 Å². The molecule has 0 aliphatic carbocycles. The monoisotopic (exact) mass is 249 g/mol. The van der Waals surface area contributed by atoms with Gasteiger partial charge in [0.05, 0.1) is 6.10 Å². The average molecular weight is 249 g/mol. The maximum Gasteiger partial charge on any atom is 0.123 e. The minimum atomic E-state index is 0.227. The largest absolute Gasteiger partial charge is 0.491 e. The molecule has 0 aromatic heterocycles. The van der Waals surface area contributed by atoms with Crippen molar-refractivity contribution in [3.63, 3.8) is 0 Å². The first kappa shape index (κ1) is 15.0. The predicted octanol–water partition coefficient (Wildman–Crippen LogP) is 3.67. The molecule has 1 N–H and O–H groups in total. The highest BCUT2D eigenvalue weighted by atomic mass is 16.5. The number of benzene rings is 1. The van der Waals surface area contributed by atoms with E-state index in [4.69, 9.17) is 4.74 Å². The van der Waals surface area contributed by atoms with Gasteiger partial charge < -0.3 is 10.1 Å². The average Bonchev–Trinajstić information content (AvgIpc) is 2.26. The summed E-state index contributed by atoms with van der Waals surface area (Å²) < 4.78 is 5.93. The van der Waals surface area contributed by atoms with Crippen LogP contribution in [-0.4, -0.2) is 19.7 Å². The van der Waals surface area contributed by atoms with Crippen LogP contribution < -0.4 is 10.1 Å². The zero-order valence-corrected chi connectivity index (χ0v) is 12.6. The van der Waals surface area contributed by atoms with Gasteiger partial charge in [0.15, 0.2) is 0 Å². The molecule has 18 heavy (non-hydrogen) atoms. The quantitative estimate of drug-likeness (QED) is 0.830. The Balaban J connectivity index is 3.08. The van der Waals surface area contributed by atoms with Crippen molar-refractivity contribution in [2.75, 3.05) is 13.6 Å². The summed E-state index contributed by atoms with van der Waals surface area (Å²) in [6, 6.07) is 4.51. The Morgan fingerprint density at radius 1 is 1.17 bits per heavy atom. The molecular formula is C16H27NO. The predicted molar refractivity (Wildman–Crippen MR) is 78.7 cm³/mol. The molecule has 2 nitrogen and oxygen atoms in total. The minimum Gasteiger partial charge on any atom is -0.491 e. The third-order valence-corrected chi connectivity index (χ3v) is 3.10. The molecule has 0 amide bonds. The molecule has 102 valence electrons. The van der Waals surface area contributed by atoms with E-state index in [0.717, 1.165) is 18.7 Å². The van der Waals surface area contributed by atoms with Gasteiger partial charge in [-0.25, -0.2) is 0 Å². The van der Waals surface area contributed by atoms with E-state index in [-0.39, 0.29) is 6.10 Å². The van der Waals surface area contributed by atoms with Crippen molar-refractivity contribution in [1.82, 2.24) is 5.32 Å². The van der Waals surface area contributed by atoms with Crippen molar-refractivity contribution >= 4 is 0 Å². The molecule has 0 aliphatic heterocycles. The number of nitrogens with one attached hydrogen (secondary N) is 1. The SMILES string of the molecule is CNCCc1cc(C(C)C)c(OC(C)C)cc1C. The Labute approximate surface area is 112 Å². The second-order valence-corrected chi connectivity index (χ2v) is 5.49. The first-order chi connectivity index (χ1) is 8.45. The normalized spacial score (nSPS) is 11.3. The van der Waals surface area contributed by atoms with Crippen LogP contribution in [0.15, 0.2) is 12.1 Å². The Morgan fingerprint density at radius 2 is 1.83 bits per heavy atom. The van der Waals surface area contributed by atoms with Gasteiger partial charge in [0.1, 0.15) is 5.75 Å². The van der Waals surface area contributed by atoms with E-state index < -0.39 is 0 Å². The van der Waals surface area contributed by atoms with Crippen LogP contribution in [0.2, 0.25) is 0 Å². The second kappa shape index (κ2) is 6.79. The van der Waals surface area contributed by atoms with Gasteiger partial charge in [-0.1, -0.05) is 19.9 Å². The highest BCUT2D eigenvalue weighted by Gasteiger charge is 2.12. The molecular weight excluding hydrogens is 222 g/mol. The van der Waals surface area contributed by atoms with Gasteiger partial charge in [-0.2, -0.15) is 0 Å². The zero-order chi connectivity index (χ0) is 13.7. The van der Waals surface area contributed by atoms with Crippen molar-refractivity contribution in [2.45, 2.75) is 53.1 Å². The summed E-state index contributed by atoms with van der Waals surface area (Å²) in [5, 5.41) is 3.21. The summed E-state index contributed by atoms with van der Waals surface area (Å²) in [5.41, 5.74) is 4.06. The third-order valence-electron chi connectivity index (χ3n) is 3.10. The van der Waals surface area contributed by atoms with Gasteiger partial charge in [-0.15, -0.1) is 0 Å². The molecule has 0 bridgehead atoms. The van der Waals surface area contributed by atoms with Gasteiger partial charge >= 0.3 is 0 Å². The summed E-state index contributed by atoms with van der Waals surface area (Å²) >= 11 is 0. The summed E-state index contributed by atoms with van der Waals surface area (Å²) in [7, 11) is 1.99. The second-order valence-electron chi connectivity index (χ2n) is 5.49. The Bertz CT molecular complexity index is 383. The molecule has 0 heterocycles. The third kappa shape index (κ3) is 4.02. The lowest BCUT2D eigenvalue weighted by molar-refractivity contribution is 0.239. The Kier molecular flexibility index (Phi) is 5.67. The van der Waals surface area contributed by atoms with Crippen LogP contribution in [0.4, 0.5) is 0 Å². The summed E-state index contributed by atoms with van der Waals surface area (Å²) in [5.74, 6) is 1.54.